The first-order valence-corrected chi connectivity index (χ1v) is 8.23. The minimum atomic E-state index is -0.621. The molecule has 0 unspecified atom stereocenters. The molecule has 0 spiro atoms. The maximum Gasteiger partial charge on any atom is 0.258 e. The van der Waals surface area contributed by atoms with E-state index in [1.54, 1.807) is 24.3 Å². The number of benzene rings is 1. The summed E-state index contributed by atoms with van der Waals surface area (Å²) in [6.45, 7) is 0. The van der Waals surface area contributed by atoms with Gasteiger partial charge in [0.25, 0.3) is 5.56 Å². The summed E-state index contributed by atoms with van der Waals surface area (Å²) in [4.78, 5) is 16.8. The fourth-order valence-electron chi connectivity index (χ4n) is 2.60. The third-order valence-electron chi connectivity index (χ3n) is 3.93. The maximum absolute atomic E-state index is 13.9. The highest BCUT2D eigenvalue weighted by atomic mass is 35.5. The quantitative estimate of drug-likeness (QED) is 0.701. The van der Waals surface area contributed by atoms with Crippen LogP contribution in [0.3, 0.4) is 0 Å². The predicted molar refractivity (Wildman–Crippen MR) is 94.0 cm³/mol. The van der Waals surface area contributed by atoms with Crippen molar-refractivity contribution >= 4 is 39.9 Å². The third-order valence-corrected chi connectivity index (χ3v) is 4.44. The van der Waals surface area contributed by atoms with Gasteiger partial charge in [0.1, 0.15) is 0 Å². The van der Waals surface area contributed by atoms with Crippen LogP contribution >= 0.6 is 23.2 Å². The maximum atomic E-state index is 13.9. The van der Waals surface area contributed by atoms with Crippen molar-refractivity contribution < 1.29 is 4.39 Å². The van der Waals surface area contributed by atoms with Gasteiger partial charge in [-0.25, -0.2) is 9.37 Å². The Bertz CT molecular complexity index is 997. The summed E-state index contributed by atoms with van der Waals surface area (Å²) >= 11 is 11.8. The number of halogens is 3. The lowest BCUT2D eigenvalue weighted by Gasteiger charge is -2.14. The molecule has 2 aromatic heterocycles. The Labute approximate surface area is 146 Å². The zero-order valence-electron chi connectivity index (χ0n) is 12.4. The summed E-state index contributed by atoms with van der Waals surface area (Å²) in [5.74, 6) is -0.621. The third kappa shape index (κ3) is 2.74. The van der Waals surface area contributed by atoms with Gasteiger partial charge >= 0.3 is 0 Å². The molecule has 1 aromatic carbocycles. The lowest BCUT2D eigenvalue weighted by Crippen LogP contribution is -2.20. The van der Waals surface area contributed by atoms with E-state index in [4.69, 9.17) is 23.2 Å². The number of nitrogens with one attached hydrogen (secondary N) is 1. The number of fused-ring (bicyclic) bond motifs is 1. The molecule has 0 atom stereocenters. The summed E-state index contributed by atoms with van der Waals surface area (Å²) in [6, 6.07) is 9.85. The smallest absolute Gasteiger partial charge is 0.258 e. The van der Waals surface area contributed by atoms with E-state index in [9.17, 15) is 9.18 Å². The van der Waals surface area contributed by atoms with Crippen molar-refractivity contribution in [3.63, 3.8) is 0 Å². The Balaban J connectivity index is 2.02. The van der Waals surface area contributed by atoms with Gasteiger partial charge in [0.05, 0.1) is 11.4 Å². The number of aromatic nitrogens is 2. The first-order chi connectivity index (χ1) is 11.5. The van der Waals surface area contributed by atoms with Crippen LogP contribution in [0.5, 0.6) is 0 Å². The topological polar surface area (TPSA) is 46.9 Å². The van der Waals surface area contributed by atoms with E-state index in [2.05, 4.69) is 10.3 Å². The number of hydrogen-bond acceptors (Lipinski definition) is 3. The lowest BCUT2D eigenvalue weighted by atomic mass is 10.2. The molecule has 7 heteroatoms. The standard InChI is InChI=1S/C17H12Cl2FN3O/c18-9-1-5-11(6-2-9)23-15(24)8-14(21-10-3-4-10)12-7-13(20)16(19)22-17(12)23/h1-2,5-8,10,21H,3-4H2. The molecule has 0 bridgehead atoms. The average molecular weight is 364 g/mol. The molecule has 0 amide bonds. The Morgan fingerprint density at radius 2 is 1.88 bits per heavy atom. The van der Waals surface area contributed by atoms with Gasteiger partial charge in [-0.15, -0.1) is 0 Å². The second-order valence-electron chi connectivity index (χ2n) is 5.76. The van der Waals surface area contributed by atoms with Crippen molar-refractivity contribution in [2.24, 2.45) is 0 Å². The highest BCUT2D eigenvalue weighted by molar-refractivity contribution is 6.30. The van der Waals surface area contributed by atoms with Gasteiger partial charge < -0.3 is 5.32 Å². The van der Waals surface area contributed by atoms with Gasteiger partial charge in [-0.05, 0) is 43.2 Å². The van der Waals surface area contributed by atoms with E-state index in [1.807, 2.05) is 0 Å². The predicted octanol–water partition coefficient (Wildman–Crippen LogP) is 4.41. The number of rotatable bonds is 3. The Morgan fingerprint density at radius 3 is 2.54 bits per heavy atom. The van der Waals surface area contributed by atoms with Crippen LogP contribution in [0, 0.1) is 5.82 Å². The van der Waals surface area contributed by atoms with E-state index >= 15 is 0 Å². The van der Waals surface area contributed by atoms with Crippen LogP contribution in [-0.2, 0) is 0 Å². The molecule has 0 saturated heterocycles. The van der Waals surface area contributed by atoms with Crippen LogP contribution in [0.1, 0.15) is 12.8 Å². The van der Waals surface area contributed by atoms with Gasteiger partial charge in [0, 0.05) is 22.5 Å². The number of hydrogen-bond donors (Lipinski definition) is 1. The highest BCUT2D eigenvalue weighted by Crippen LogP contribution is 2.30. The van der Waals surface area contributed by atoms with Gasteiger partial charge in [0.2, 0.25) is 0 Å². The first kappa shape index (κ1) is 15.4. The van der Waals surface area contributed by atoms with Crippen molar-refractivity contribution in [1.82, 2.24) is 9.55 Å². The summed E-state index contributed by atoms with van der Waals surface area (Å²) in [5.41, 5.74) is 1.19. The lowest BCUT2D eigenvalue weighted by molar-refractivity contribution is 0.624. The van der Waals surface area contributed by atoms with Crippen LogP contribution in [0.4, 0.5) is 10.1 Å². The summed E-state index contributed by atoms with van der Waals surface area (Å²) < 4.78 is 15.3. The van der Waals surface area contributed by atoms with Crippen molar-refractivity contribution in [1.29, 1.82) is 0 Å². The summed E-state index contributed by atoms with van der Waals surface area (Å²) in [6.07, 6.45) is 2.07. The molecule has 0 aliphatic heterocycles. The zero-order valence-corrected chi connectivity index (χ0v) is 13.9. The molecule has 0 radical (unpaired) electrons. The summed E-state index contributed by atoms with van der Waals surface area (Å²) in [7, 11) is 0. The monoisotopic (exact) mass is 363 g/mol. The molecule has 1 aliphatic rings. The van der Waals surface area contributed by atoms with E-state index < -0.39 is 5.82 Å². The molecular weight excluding hydrogens is 352 g/mol. The van der Waals surface area contributed by atoms with E-state index in [0.29, 0.717) is 33.5 Å². The van der Waals surface area contributed by atoms with Crippen LogP contribution < -0.4 is 10.9 Å². The Kier molecular flexibility index (Phi) is 3.70. The zero-order chi connectivity index (χ0) is 16.8. The van der Waals surface area contributed by atoms with Gasteiger partial charge in [-0.1, -0.05) is 23.2 Å². The van der Waals surface area contributed by atoms with Crippen LogP contribution in [0.25, 0.3) is 16.7 Å². The average Bonchev–Trinajstić information content (AvgIpc) is 3.35. The van der Waals surface area contributed by atoms with Crippen LogP contribution in [0.2, 0.25) is 10.2 Å². The van der Waals surface area contributed by atoms with Crippen molar-refractivity contribution in [3.05, 3.63) is 62.7 Å². The first-order valence-electron chi connectivity index (χ1n) is 7.47. The van der Waals surface area contributed by atoms with Gasteiger partial charge in [-0.3, -0.25) is 9.36 Å². The largest absolute Gasteiger partial charge is 0.382 e. The molecule has 4 rings (SSSR count). The molecule has 4 nitrogen and oxygen atoms in total. The Hall–Kier alpha value is -2.11. The highest BCUT2D eigenvalue weighted by Gasteiger charge is 2.23. The van der Waals surface area contributed by atoms with Crippen LogP contribution in [0.15, 0.2) is 41.2 Å². The number of anilines is 1. The van der Waals surface area contributed by atoms with Gasteiger partial charge in [-0.2, -0.15) is 0 Å². The molecular formula is C17H12Cl2FN3O. The molecule has 1 saturated carbocycles. The Morgan fingerprint density at radius 1 is 1.17 bits per heavy atom. The minimum Gasteiger partial charge on any atom is -0.382 e. The fraction of sp³-hybridized carbons (Fsp3) is 0.176. The molecule has 122 valence electrons. The molecule has 3 aromatic rings. The fourth-order valence-corrected chi connectivity index (χ4v) is 2.86. The van der Waals surface area contributed by atoms with Crippen molar-refractivity contribution in [3.8, 4) is 5.69 Å². The van der Waals surface area contributed by atoms with Crippen molar-refractivity contribution in [2.45, 2.75) is 18.9 Å². The molecule has 1 aliphatic carbocycles. The minimum absolute atomic E-state index is 0.270. The molecule has 1 N–H and O–H groups in total. The molecule has 1 fully saturated rings. The van der Waals surface area contributed by atoms with Crippen molar-refractivity contribution in [2.75, 3.05) is 5.32 Å². The van der Waals surface area contributed by atoms with Crippen LogP contribution in [-0.4, -0.2) is 15.6 Å². The van der Waals surface area contributed by atoms with E-state index in [0.717, 1.165) is 12.8 Å². The van der Waals surface area contributed by atoms with E-state index in [1.165, 1.54) is 16.7 Å². The molecule has 2 heterocycles. The normalized spacial score (nSPS) is 14.1. The second kappa shape index (κ2) is 5.76. The number of nitrogens with zero attached hydrogens (tertiary/aromatic N) is 2. The summed E-state index contributed by atoms with van der Waals surface area (Å²) in [5, 5.41) is 4.05. The number of pyridine rings is 2. The van der Waals surface area contributed by atoms with E-state index in [-0.39, 0.29) is 10.7 Å². The van der Waals surface area contributed by atoms with Gasteiger partial charge in [0.15, 0.2) is 16.6 Å². The molecule has 24 heavy (non-hydrogen) atoms. The SMILES string of the molecule is O=c1cc(NC2CC2)c2cc(F)c(Cl)nc2n1-c1ccc(Cl)cc1. The second-order valence-corrected chi connectivity index (χ2v) is 6.55.